The molecule has 0 amide bonds. The maximum absolute atomic E-state index is 13.7. The lowest BCUT2D eigenvalue weighted by atomic mass is 10.1. The minimum atomic E-state index is -0.247. The van der Waals surface area contributed by atoms with Crippen LogP contribution in [0.3, 0.4) is 0 Å². The van der Waals surface area contributed by atoms with Crippen molar-refractivity contribution in [3.63, 3.8) is 0 Å². The summed E-state index contributed by atoms with van der Waals surface area (Å²) in [6.45, 7) is 4.07. The Morgan fingerprint density at radius 3 is 2.39 bits per heavy atom. The fourth-order valence-corrected chi connectivity index (χ4v) is 2.25. The SMILES string of the molecule is Cc1ccc(C(C)Nc2c(F)cccc2Br)cc1. The van der Waals surface area contributed by atoms with E-state index in [4.69, 9.17) is 0 Å². The Bertz CT molecular complexity index is 516. The van der Waals surface area contributed by atoms with Gasteiger partial charge >= 0.3 is 0 Å². The summed E-state index contributed by atoms with van der Waals surface area (Å²) in [6.07, 6.45) is 0. The molecular weight excluding hydrogens is 293 g/mol. The lowest BCUT2D eigenvalue weighted by Gasteiger charge is -2.17. The predicted octanol–water partition coefficient (Wildman–Crippen LogP) is 5.07. The van der Waals surface area contributed by atoms with Gasteiger partial charge in [-0.1, -0.05) is 35.9 Å². The fourth-order valence-electron chi connectivity index (χ4n) is 1.79. The molecule has 94 valence electrons. The Balaban J connectivity index is 2.21. The first-order valence-corrected chi connectivity index (χ1v) is 6.64. The average Bonchev–Trinajstić information content (AvgIpc) is 2.34. The Labute approximate surface area is 115 Å². The third kappa shape index (κ3) is 2.91. The van der Waals surface area contributed by atoms with E-state index in [1.165, 1.54) is 11.6 Å². The van der Waals surface area contributed by atoms with Crippen molar-refractivity contribution >= 4 is 21.6 Å². The number of nitrogens with one attached hydrogen (secondary N) is 1. The van der Waals surface area contributed by atoms with Crippen molar-refractivity contribution in [2.75, 3.05) is 5.32 Å². The zero-order valence-electron chi connectivity index (χ0n) is 10.4. The fraction of sp³-hybridized carbons (Fsp3) is 0.200. The number of aryl methyl sites for hydroxylation is 1. The van der Waals surface area contributed by atoms with Crippen molar-refractivity contribution in [2.45, 2.75) is 19.9 Å². The molecule has 0 saturated heterocycles. The van der Waals surface area contributed by atoms with Crippen LogP contribution >= 0.6 is 15.9 Å². The average molecular weight is 308 g/mol. The molecule has 0 bridgehead atoms. The summed E-state index contributed by atoms with van der Waals surface area (Å²) in [5.41, 5.74) is 2.86. The van der Waals surface area contributed by atoms with E-state index in [9.17, 15) is 4.39 Å². The van der Waals surface area contributed by atoms with Crippen molar-refractivity contribution in [1.29, 1.82) is 0 Å². The molecule has 2 rings (SSSR count). The van der Waals surface area contributed by atoms with Gasteiger partial charge in [0, 0.05) is 10.5 Å². The Morgan fingerprint density at radius 2 is 1.78 bits per heavy atom. The van der Waals surface area contributed by atoms with Gasteiger partial charge in [0.05, 0.1) is 5.69 Å². The summed E-state index contributed by atoms with van der Waals surface area (Å²) in [5, 5.41) is 3.19. The van der Waals surface area contributed by atoms with Crippen molar-refractivity contribution in [2.24, 2.45) is 0 Å². The molecule has 0 aliphatic heterocycles. The molecule has 3 heteroatoms. The second-order valence-electron chi connectivity index (χ2n) is 4.37. The van der Waals surface area contributed by atoms with E-state index >= 15 is 0 Å². The number of benzene rings is 2. The van der Waals surface area contributed by atoms with Crippen LogP contribution in [0.5, 0.6) is 0 Å². The van der Waals surface area contributed by atoms with Gasteiger partial charge in [0.25, 0.3) is 0 Å². The second-order valence-corrected chi connectivity index (χ2v) is 5.23. The van der Waals surface area contributed by atoms with Gasteiger partial charge in [0.2, 0.25) is 0 Å². The third-order valence-electron chi connectivity index (χ3n) is 2.90. The first-order valence-electron chi connectivity index (χ1n) is 5.85. The lowest BCUT2D eigenvalue weighted by Crippen LogP contribution is -2.08. The highest BCUT2D eigenvalue weighted by molar-refractivity contribution is 9.10. The minimum Gasteiger partial charge on any atom is -0.375 e. The van der Waals surface area contributed by atoms with Gasteiger partial charge < -0.3 is 5.32 Å². The first kappa shape index (κ1) is 13.1. The predicted molar refractivity (Wildman–Crippen MR) is 77.3 cm³/mol. The highest BCUT2D eigenvalue weighted by Gasteiger charge is 2.10. The Kier molecular flexibility index (Phi) is 4.02. The Morgan fingerprint density at radius 1 is 1.11 bits per heavy atom. The van der Waals surface area contributed by atoms with Gasteiger partial charge in [-0.25, -0.2) is 4.39 Å². The molecule has 18 heavy (non-hydrogen) atoms. The van der Waals surface area contributed by atoms with E-state index in [0.29, 0.717) is 5.69 Å². The standard InChI is InChI=1S/C15H15BrFN/c1-10-6-8-12(9-7-10)11(2)18-15-13(16)4-3-5-14(15)17/h3-9,11,18H,1-2H3. The van der Waals surface area contributed by atoms with E-state index in [0.717, 1.165) is 10.0 Å². The monoisotopic (exact) mass is 307 g/mol. The van der Waals surface area contributed by atoms with E-state index < -0.39 is 0 Å². The van der Waals surface area contributed by atoms with Crippen LogP contribution in [0.1, 0.15) is 24.1 Å². The molecule has 0 aliphatic carbocycles. The summed E-state index contributed by atoms with van der Waals surface area (Å²) in [7, 11) is 0. The number of hydrogen-bond acceptors (Lipinski definition) is 1. The minimum absolute atomic E-state index is 0.0544. The highest BCUT2D eigenvalue weighted by Crippen LogP contribution is 2.29. The van der Waals surface area contributed by atoms with Gasteiger partial charge in [-0.2, -0.15) is 0 Å². The zero-order chi connectivity index (χ0) is 13.1. The molecule has 0 aromatic heterocycles. The first-order chi connectivity index (χ1) is 8.58. The van der Waals surface area contributed by atoms with Crippen LogP contribution in [0, 0.1) is 12.7 Å². The van der Waals surface area contributed by atoms with Crippen LogP contribution in [0.4, 0.5) is 10.1 Å². The van der Waals surface area contributed by atoms with Crippen molar-refractivity contribution in [3.05, 3.63) is 63.9 Å². The Hall–Kier alpha value is -1.35. The largest absolute Gasteiger partial charge is 0.375 e. The summed E-state index contributed by atoms with van der Waals surface area (Å²) in [6, 6.07) is 13.2. The lowest BCUT2D eigenvalue weighted by molar-refractivity contribution is 0.626. The van der Waals surface area contributed by atoms with Gasteiger partial charge in [-0.15, -0.1) is 0 Å². The van der Waals surface area contributed by atoms with Gasteiger partial charge in [0.15, 0.2) is 0 Å². The number of para-hydroxylation sites is 1. The van der Waals surface area contributed by atoms with Crippen molar-refractivity contribution < 1.29 is 4.39 Å². The topological polar surface area (TPSA) is 12.0 Å². The molecule has 1 unspecified atom stereocenters. The number of rotatable bonds is 3. The molecule has 0 heterocycles. The summed E-state index contributed by atoms with van der Waals surface area (Å²) >= 11 is 3.36. The molecule has 0 aliphatic rings. The summed E-state index contributed by atoms with van der Waals surface area (Å²) in [4.78, 5) is 0. The zero-order valence-corrected chi connectivity index (χ0v) is 12.0. The van der Waals surface area contributed by atoms with Gasteiger partial charge in [-0.05, 0) is 47.5 Å². The highest BCUT2D eigenvalue weighted by atomic mass is 79.9. The van der Waals surface area contributed by atoms with Crippen molar-refractivity contribution in [1.82, 2.24) is 0 Å². The second kappa shape index (κ2) is 5.53. The molecule has 0 spiro atoms. The molecule has 0 fully saturated rings. The third-order valence-corrected chi connectivity index (χ3v) is 3.56. The summed E-state index contributed by atoms with van der Waals surface area (Å²) < 4.78 is 14.4. The number of halogens is 2. The van der Waals surface area contributed by atoms with Gasteiger partial charge in [0.1, 0.15) is 5.82 Å². The van der Waals surface area contributed by atoms with Crippen LogP contribution < -0.4 is 5.32 Å². The smallest absolute Gasteiger partial charge is 0.147 e. The van der Waals surface area contributed by atoms with Crippen LogP contribution in [0.15, 0.2) is 46.9 Å². The number of anilines is 1. The molecule has 0 saturated carbocycles. The van der Waals surface area contributed by atoms with Gasteiger partial charge in [-0.3, -0.25) is 0 Å². The summed E-state index contributed by atoms with van der Waals surface area (Å²) in [5.74, 6) is -0.247. The van der Waals surface area contributed by atoms with Crippen molar-refractivity contribution in [3.8, 4) is 0 Å². The maximum atomic E-state index is 13.7. The quantitative estimate of drug-likeness (QED) is 0.834. The number of hydrogen-bond donors (Lipinski definition) is 1. The van der Waals surface area contributed by atoms with E-state index in [1.54, 1.807) is 6.07 Å². The molecular formula is C15H15BrFN. The van der Waals surface area contributed by atoms with Crippen LogP contribution in [-0.2, 0) is 0 Å². The van der Waals surface area contributed by atoms with E-state index in [-0.39, 0.29) is 11.9 Å². The normalized spacial score (nSPS) is 12.2. The molecule has 0 radical (unpaired) electrons. The molecule has 1 atom stereocenters. The molecule has 1 N–H and O–H groups in total. The maximum Gasteiger partial charge on any atom is 0.147 e. The van der Waals surface area contributed by atoms with Crippen LogP contribution in [0.2, 0.25) is 0 Å². The van der Waals surface area contributed by atoms with Crippen LogP contribution in [0.25, 0.3) is 0 Å². The molecule has 2 aromatic carbocycles. The van der Waals surface area contributed by atoms with E-state index in [2.05, 4.69) is 52.4 Å². The molecule has 2 aromatic rings. The van der Waals surface area contributed by atoms with Crippen LogP contribution in [-0.4, -0.2) is 0 Å². The molecule has 1 nitrogen and oxygen atoms in total. The van der Waals surface area contributed by atoms with E-state index in [1.807, 2.05) is 13.0 Å².